The van der Waals surface area contributed by atoms with Gasteiger partial charge in [0.1, 0.15) is 0 Å². The maximum atomic E-state index is 16.4. The summed E-state index contributed by atoms with van der Waals surface area (Å²) < 4.78 is 232. The molecule has 21 heteroatoms. The van der Waals surface area contributed by atoms with E-state index in [9.17, 15) is 22.8 Å². The van der Waals surface area contributed by atoms with Crippen LogP contribution < -0.4 is 0 Å². The Hall–Kier alpha value is -9.14. The van der Waals surface area contributed by atoms with Gasteiger partial charge in [0.05, 0.1) is 44.6 Å². The minimum absolute atomic E-state index is 0.0634. The summed E-state index contributed by atoms with van der Waals surface area (Å²) >= 11 is 0. The third-order valence-corrected chi connectivity index (χ3v) is 13.0. The fourth-order valence-corrected chi connectivity index (χ4v) is 9.65. The van der Waals surface area contributed by atoms with E-state index in [-0.39, 0.29) is 44.1 Å². The van der Waals surface area contributed by atoms with Gasteiger partial charge in [-0.15, -0.1) is 0 Å². The maximum Gasteiger partial charge on any atom is 0.200 e. The summed E-state index contributed by atoms with van der Waals surface area (Å²) in [6.45, 7) is 0. The molecule has 10 aromatic rings. The number of hydrogen-bond acceptors (Lipinski definition) is 3. The molecule has 1 aliphatic carbocycles. The van der Waals surface area contributed by atoms with Crippen molar-refractivity contribution >= 4 is 78.4 Å². The van der Waals surface area contributed by atoms with Crippen LogP contribution in [-0.2, 0) is 0 Å². The second-order valence-corrected chi connectivity index (χ2v) is 17.0. The molecule has 4 aromatic heterocycles. The maximum absolute atomic E-state index is 16.4. The number of aromatic nitrogens is 4. The Balaban J connectivity index is 1.34. The van der Waals surface area contributed by atoms with E-state index >= 15 is 52.7 Å². The molecule has 0 spiro atoms. The number of ketones is 2. The van der Waals surface area contributed by atoms with Crippen molar-refractivity contribution in [1.29, 1.82) is 0 Å². The van der Waals surface area contributed by atoms with Crippen LogP contribution in [0.4, 0.5) is 65.9 Å². The molecule has 0 unspecified atom stereocenters. The number of benzene rings is 6. The molecule has 0 fully saturated rings. The highest BCUT2D eigenvalue weighted by molar-refractivity contribution is 6.32. The highest BCUT2D eigenvalue weighted by Gasteiger charge is 2.36. The number of hydrogen-bond donors (Lipinski definition) is 3. The lowest BCUT2D eigenvalue weighted by Crippen LogP contribution is -2.20. The summed E-state index contributed by atoms with van der Waals surface area (Å²) in [7, 11) is 0. The van der Waals surface area contributed by atoms with Crippen LogP contribution in [0, 0.1) is 87.3 Å². The predicted octanol–water partition coefficient (Wildman–Crippen LogP) is 14.9. The summed E-state index contributed by atoms with van der Waals surface area (Å²) in [5, 5.41) is 0.543. The van der Waals surface area contributed by atoms with Crippen molar-refractivity contribution in [3.8, 4) is 33.4 Å². The average Bonchev–Trinajstić information content (AvgIpc) is 4.26. The highest BCUT2D eigenvalue weighted by Crippen LogP contribution is 2.45. The van der Waals surface area contributed by atoms with Crippen LogP contribution in [-0.4, -0.2) is 31.5 Å². The Morgan fingerprint density at radius 2 is 0.622 bits per heavy atom. The first-order valence-electron chi connectivity index (χ1n) is 21.3. The van der Waals surface area contributed by atoms with Gasteiger partial charge in [0, 0.05) is 66.3 Å². The number of fused-ring (bicyclic) bond motifs is 15. The lowest BCUT2D eigenvalue weighted by molar-refractivity contribution is 0.0979. The number of halogens is 15. The van der Waals surface area contributed by atoms with Crippen LogP contribution in [0.3, 0.4) is 0 Å². The average molecular weight is 1030 g/mol. The van der Waals surface area contributed by atoms with Crippen molar-refractivity contribution in [3.63, 3.8) is 0 Å². The molecule has 1 aliphatic heterocycles. The van der Waals surface area contributed by atoms with Gasteiger partial charge in [0.25, 0.3) is 0 Å². The number of carbonyl (C=O) groups excluding carboxylic acids is 2. The van der Waals surface area contributed by atoms with Gasteiger partial charge >= 0.3 is 0 Å². The number of nitrogens with zero attached hydrogens (tertiary/aromatic N) is 1. The van der Waals surface area contributed by atoms with Crippen LogP contribution in [0.1, 0.15) is 43.2 Å². The van der Waals surface area contributed by atoms with E-state index in [0.717, 1.165) is 48.6 Å². The Morgan fingerprint density at radius 1 is 0.311 bits per heavy atom. The van der Waals surface area contributed by atoms with Gasteiger partial charge in [-0.1, -0.05) is 24.3 Å². The second kappa shape index (κ2) is 15.9. The summed E-state index contributed by atoms with van der Waals surface area (Å²) in [4.78, 5) is 41.1. The molecule has 3 N–H and O–H groups in total. The quantitative estimate of drug-likeness (QED) is 0.0935. The molecule has 366 valence electrons. The van der Waals surface area contributed by atoms with E-state index in [0.29, 0.717) is 10.8 Å². The zero-order valence-electron chi connectivity index (χ0n) is 36.0. The van der Waals surface area contributed by atoms with E-state index in [4.69, 9.17) is 0 Å². The standard InChI is InChI=1S/C53H17F15N4O2/c54-35-32(36(55)42(61)47(66)41(35)60)29-23-5-6-24(69-23)30(33-37(56)43(62)48(67)44(63)38(33)57)26-9-10-28(71-26)50-17-13-21-22(53(74)20-12-16-4-2-1-3-15(16)11-19(20)52(21)73)14-18(17)51(72-50)31(27-8-7-25(29)70-27)34-39(58)45(64)49(68)46(65)40(34)59/h1-14,70-72H. The molecule has 0 amide bonds. The number of aromatic amines is 3. The van der Waals surface area contributed by atoms with E-state index in [1.54, 1.807) is 24.3 Å². The van der Waals surface area contributed by atoms with Gasteiger partial charge in [-0.3, -0.25) is 9.59 Å². The Kier molecular flexibility index (Phi) is 9.89. The van der Waals surface area contributed by atoms with E-state index in [1.165, 1.54) is 12.1 Å². The number of rotatable bonds is 3. The van der Waals surface area contributed by atoms with Gasteiger partial charge in [0.2, 0.25) is 17.5 Å². The largest absolute Gasteiger partial charge is 0.354 e. The minimum atomic E-state index is -2.65. The first-order chi connectivity index (χ1) is 35.3. The summed E-state index contributed by atoms with van der Waals surface area (Å²) in [5.74, 6) is -39.2. The molecule has 8 bridgehead atoms. The van der Waals surface area contributed by atoms with Crippen molar-refractivity contribution < 1.29 is 75.4 Å². The van der Waals surface area contributed by atoms with Crippen molar-refractivity contribution in [2.75, 3.05) is 0 Å². The zero-order valence-corrected chi connectivity index (χ0v) is 36.0. The Labute approximate surface area is 400 Å². The first kappa shape index (κ1) is 46.0. The van der Waals surface area contributed by atoms with Crippen LogP contribution in [0.15, 0.2) is 72.8 Å². The fraction of sp³-hybridized carbons (Fsp3) is 0. The normalized spacial score (nSPS) is 12.8. The summed E-state index contributed by atoms with van der Waals surface area (Å²) in [6.07, 6.45) is 1.57. The molecule has 0 radical (unpaired) electrons. The van der Waals surface area contributed by atoms with Crippen molar-refractivity contribution in [2.45, 2.75) is 0 Å². The molecule has 0 saturated carbocycles. The number of carbonyl (C=O) groups is 2. The highest BCUT2D eigenvalue weighted by atomic mass is 19.2. The van der Waals surface area contributed by atoms with E-state index < -0.39 is 166 Å². The van der Waals surface area contributed by atoms with Crippen molar-refractivity contribution in [3.05, 3.63) is 194 Å². The number of H-pyrrole nitrogens is 3. The molecule has 6 aromatic carbocycles. The van der Waals surface area contributed by atoms with E-state index in [2.05, 4.69) is 19.9 Å². The molecule has 5 heterocycles. The van der Waals surface area contributed by atoms with Gasteiger partial charge < -0.3 is 15.0 Å². The molecular formula is C53H17F15N4O2. The van der Waals surface area contributed by atoms with Gasteiger partial charge in [0.15, 0.2) is 81.4 Å². The van der Waals surface area contributed by atoms with Gasteiger partial charge in [-0.25, -0.2) is 70.8 Å². The minimum Gasteiger partial charge on any atom is -0.354 e. The summed E-state index contributed by atoms with van der Waals surface area (Å²) in [6, 6.07) is 15.4. The molecule has 2 aliphatic rings. The topological polar surface area (TPSA) is 94.4 Å². The molecular weight excluding hydrogens is 1010 g/mol. The van der Waals surface area contributed by atoms with Crippen LogP contribution in [0.2, 0.25) is 0 Å². The molecule has 0 saturated heterocycles. The lowest BCUT2D eigenvalue weighted by atomic mass is 9.81. The Bertz CT molecular complexity index is 4410. The first-order valence-corrected chi connectivity index (χ1v) is 21.3. The van der Waals surface area contributed by atoms with E-state index in [1.807, 2.05) is 0 Å². The van der Waals surface area contributed by atoms with Crippen molar-refractivity contribution in [1.82, 2.24) is 19.9 Å². The monoisotopic (exact) mass is 1030 g/mol. The second-order valence-electron chi connectivity index (χ2n) is 17.0. The SMILES string of the molecule is O=C1c2cc3ccccc3cc2C(=O)c2cc3c(cc21)c1[nH]c3c2ccc([nH]2)c(-c2c(F)c(F)c(F)c(F)c2F)c2nc(c(-c3c(F)c(F)c(F)c(F)c3F)c3ccc([nH]3)c1-c1c(F)c(F)c(F)c(F)c1F)C=C2. The zero-order chi connectivity index (χ0) is 52.2. The molecule has 0 atom stereocenters. The van der Waals surface area contributed by atoms with Crippen LogP contribution in [0.25, 0.3) is 100 Å². The lowest BCUT2D eigenvalue weighted by Gasteiger charge is -2.19. The van der Waals surface area contributed by atoms with Gasteiger partial charge in [-0.05, 0) is 71.5 Å². The molecule has 6 nitrogen and oxygen atoms in total. The number of nitrogens with one attached hydrogen (secondary N) is 3. The smallest absolute Gasteiger partial charge is 0.200 e. The Morgan fingerprint density at radius 3 is 1.03 bits per heavy atom. The fourth-order valence-electron chi connectivity index (χ4n) is 9.65. The molecule has 74 heavy (non-hydrogen) atoms. The summed E-state index contributed by atoms with van der Waals surface area (Å²) in [5.41, 5.74) is -14.1. The van der Waals surface area contributed by atoms with Crippen LogP contribution in [0.5, 0.6) is 0 Å². The molecule has 12 rings (SSSR count). The third-order valence-electron chi connectivity index (χ3n) is 13.0. The third kappa shape index (κ3) is 6.21. The van der Waals surface area contributed by atoms with Crippen molar-refractivity contribution in [2.24, 2.45) is 0 Å². The van der Waals surface area contributed by atoms with Crippen LogP contribution >= 0.6 is 0 Å². The van der Waals surface area contributed by atoms with Gasteiger partial charge in [-0.2, -0.15) is 0 Å². The predicted molar refractivity (Wildman–Crippen MR) is 239 cm³/mol.